The van der Waals surface area contributed by atoms with E-state index in [1.54, 1.807) is 10.7 Å². The molecule has 2 aromatic heterocycles. The van der Waals surface area contributed by atoms with Crippen LogP contribution in [0.3, 0.4) is 0 Å². The van der Waals surface area contributed by atoms with Gasteiger partial charge in [-0.1, -0.05) is 53.8 Å². The second-order valence-electron chi connectivity index (χ2n) is 5.28. The molecule has 2 heterocycles. The third kappa shape index (κ3) is 2.47. The lowest BCUT2D eigenvalue weighted by Gasteiger charge is -2.07. The maximum atomic E-state index is 12.3. The van der Waals surface area contributed by atoms with E-state index in [1.165, 1.54) is 16.7 Å². The monoisotopic (exact) mass is 322 g/mol. The molecule has 0 saturated heterocycles. The lowest BCUT2D eigenvalue weighted by Crippen LogP contribution is -2.23. The van der Waals surface area contributed by atoms with E-state index in [2.05, 4.69) is 33.6 Å². The van der Waals surface area contributed by atoms with Crippen LogP contribution in [-0.4, -0.2) is 20.5 Å². The molecule has 6 heteroatoms. The van der Waals surface area contributed by atoms with Crippen molar-refractivity contribution in [1.82, 2.24) is 19.9 Å². The predicted molar refractivity (Wildman–Crippen MR) is 90.7 cm³/mol. The Bertz CT molecular complexity index is 1010. The fourth-order valence-corrected chi connectivity index (χ4v) is 3.46. The second-order valence-corrected chi connectivity index (χ2v) is 6.29. The number of carbonyl (C=O) groups excluding carboxylic acids is 1. The van der Waals surface area contributed by atoms with Gasteiger partial charge >= 0.3 is 0 Å². The molecule has 1 amide bonds. The molecule has 4 aromatic rings. The molecule has 0 aliphatic carbocycles. The van der Waals surface area contributed by atoms with Gasteiger partial charge < -0.3 is 5.32 Å². The number of hydrogen-bond acceptors (Lipinski definition) is 4. The van der Waals surface area contributed by atoms with Crippen LogP contribution in [-0.2, 0) is 6.54 Å². The average molecular weight is 322 g/mol. The second kappa shape index (κ2) is 5.48. The van der Waals surface area contributed by atoms with Crippen molar-refractivity contribution in [2.45, 2.75) is 13.5 Å². The van der Waals surface area contributed by atoms with Gasteiger partial charge in [0.05, 0.1) is 6.20 Å². The van der Waals surface area contributed by atoms with Gasteiger partial charge in [0.15, 0.2) is 0 Å². The first-order chi connectivity index (χ1) is 11.2. The number of imidazole rings is 1. The van der Waals surface area contributed by atoms with Crippen LogP contribution in [0.15, 0.2) is 48.7 Å². The lowest BCUT2D eigenvalue weighted by molar-refractivity contribution is 0.0949. The number of carbonyl (C=O) groups is 1. The Morgan fingerprint density at radius 2 is 2.04 bits per heavy atom. The van der Waals surface area contributed by atoms with Crippen LogP contribution in [0.5, 0.6) is 0 Å². The van der Waals surface area contributed by atoms with Crippen LogP contribution in [0, 0.1) is 6.92 Å². The number of nitrogens with one attached hydrogen (secondary N) is 1. The van der Waals surface area contributed by atoms with Crippen LogP contribution in [0.1, 0.15) is 21.2 Å². The van der Waals surface area contributed by atoms with Crippen molar-refractivity contribution in [3.05, 3.63) is 65.1 Å². The van der Waals surface area contributed by atoms with E-state index in [9.17, 15) is 4.79 Å². The molecule has 0 atom stereocenters. The van der Waals surface area contributed by atoms with E-state index in [0.717, 1.165) is 21.6 Å². The minimum atomic E-state index is -0.161. The zero-order valence-electron chi connectivity index (χ0n) is 12.5. The number of aromatic nitrogens is 3. The minimum Gasteiger partial charge on any atom is -0.346 e. The Balaban J connectivity index is 1.56. The van der Waals surface area contributed by atoms with Gasteiger partial charge in [-0.3, -0.25) is 4.79 Å². The van der Waals surface area contributed by atoms with E-state index >= 15 is 0 Å². The minimum absolute atomic E-state index is 0.161. The Morgan fingerprint density at radius 1 is 1.22 bits per heavy atom. The molecule has 114 valence electrons. The van der Waals surface area contributed by atoms with E-state index in [4.69, 9.17) is 0 Å². The normalized spacial score (nSPS) is 11.2. The first-order valence-electron chi connectivity index (χ1n) is 7.28. The van der Waals surface area contributed by atoms with Gasteiger partial charge in [0.1, 0.15) is 10.7 Å². The number of hydrogen-bond donors (Lipinski definition) is 1. The number of benzene rings is 2. The summed E-state index contributed by atoms with van der Waals surface area (Å²) < 4.78 is 1.69. The average Bonchev–Trinajstić information content (AvgIpc) is 3.15. The standard InChI is InChI=1S/C17H14N4OS/c1-11-18-10-15-21(11)20-17(23-15)16(22)19-9-13-7-4-6-12-5-2-3-8-14(12)13/h2-8,10H,9H2,1H3,(H,19,22). The van der Waals surface area contributed by atoms with Crippen LogP contribution >= 0.6 is 11.3 Å². The van der Waals surface area contributed by atoms with Gasteiger partial charge in [-0.2, -0.15) is 0 Å². The first-order valence-corrected chi connectivity index (χ1v) is 8.10. The summed E-state index contributed by atoms with van der Waals surface area (Å²) in [5.41, 5.74) is 1.09. The maximum absolute atomic E-state index is 12.3. The largest absolute Gasteiger partial charge is 0.346 e. The van der Waals surface area contributed by atoms with E-state index in [-0.39, 0.29) is 5.91 Å². The Morgan fingerprint density at radius 3 is 2.91 bits per heavy atom. The van der Waals surface area contributed by atoms with Crippen LogP contribution < -0.4 is 5.32 Å². The van der Waals surface area contributed by atoms with Crippen LogP contribution in [0.25, 0.3) is 15.6 Å². The molecular formula is C17H14N4OS. The van der Waals surface area contributed by atoms with E-state index < -0.39 is 0 Å². The summed E-state index contributed by atoms with van der Waals surface area (Å²) in [5.74, 6) is 0.621. The molecule has 23 heavy (non-hydrogen) atoms. The van der Waals surface area contributed by atoms with Crippen LogP contribution in [0.4, 0.5) is 0 Å². The van der Waals surface area contributed by atoms with Crippen molar-refractivity contribution in [2.24, 2.45) is 0 Å². The molecule has 0 bridgehead atoms. The van der Waals surface area contributed by atoms with Crippen molar-refractivity contribution in [3.63, 3.8) is 0 Å². The predicted octanol–water partition coefficient (Wildman–Crippen LogP) is 3.18. The Labute approximate surface area is 136 Å². The highest BCUT2D eigenvalue weighted by atomic mass is 32.1. The fourth-order valence-electron chi connectivity index (χ4n) is 2.61. The highest BCUT2D eigenvalue weighted by Gasteiger charge is 2.14. The van der Waals surface area contributed by atoms with Gasteiger partial charge in [0.2, 0.25) is 5.01 Å². The summed E-state index contributed by atoms with van der Waals surface area (Å²) >= 11 is 1.34. The highest BCUT2D eigenvalue weighted by molar-refractivity contribution is 7.18. The Kier molecular flexibility index (Phi) is 3.31. The highest BCUT2D eigenvalue weighted by Crippen LogP contribution is 2.19. The molecule has 0 spiro atoms. The molecular weight excluding hydrogens is 308 g/mol. The van der Waals surface area contributed by atoms with Gasteiger partial charge in [-0.25, -0.2) is 9.50 Å². The molecule has 1 N–H and O–H groups in total. The van der Waals surface area contributed by atoms with Gasteiger partial charge in [-0.05, 0) is 23.3 Å². The lowest BCUT2D eigenvalue weighted by atomic mass is 10.0. The molecule has 0 unspecified atom stereocenters. The van der Waals surface area contributed by atoms with E-state index in [0.29, 0.717) is 11.6 Å². The molecule has 0 saturated carbocycles. The topological polar surface area (TPSA) is 59.3 Å². The van der Waals surface area contributed by atoms with Crippen molar-refractivity contribution in [1.29, 1.82) is 0 Å². The Hall–Kier alpha value is -2.73. The summed E-state index contributed by atoms with van der Waals surface area (Å²) in [6.45, 7) is 2.34. The smallest absolute Gasteiger partial charge is 0.282 e. The van der Waals surface area contributed by atoms with Crippen molar-refractivity contribution >= 4 is 32.8 Å². The summed E-state index contributed by atoms with van der Waals surface area (Å²) in [5, 5.41) is 10.0. The zero-order chi connectivity index (χ0) is 15.8. The number of aryl methyl sites for hydroxylation is 1. The SMILES string of the molecule is Cc1ncc2sc(C(=O)NCc3cccc4ccccc34)nn12. The quantitative estimate of drug-likeness (QED) is 0.630. The zero-order valence-corrected chi connectivity index (χ0v) is 13.3. The molecule has 4 rings (SSSR count). The molecule has 0 aliphatic rings. The molecule has 0 radical (unpaired) electrons. The number of amides is 1. The van der Waals surface area contributed by atoms with Gasteiger partial charge in [0.25, 0.3) is 5.91 Å². The summed E-state index contributed by atoms with van der Waals surface area (Å²) in [6.07, 6.45) is 1.73. The molecule has 0 fully saturated rings. The molecule has 0 aliphatic heterocycles. The number of nitrogens with zero attached hydrogens (tertiary/aromatic N) is 3. The summed E-state index contributed by atoms with van der Waals surface area (Å²) in [7, 11) is 0. The van der Waals surface area contributed by atoms with E-state index in [1.807, 2.05) is 31.2 Å². The third-order valence-electron chi connectivity index (χ3n) is 3.78. The molecule has 2 aromatic carbocycles. The summed E-state index contributed by atoms with van der Waals surface area (Å²) in [6, 6.07) is 14.3. The first kappa shape index (κ1) is 13.9. The fraction of sp³-hybridized carbons (Fsp3) is 0.118. The summed E-state index contributed by atoms with van der Waals surface area (Å²) in [4.78, 5) is 17.4. The van der Waals surface area contributed by atoms with Crippen LogP contribution in [0.2, 0.25) is 0 Å². The number of rotatable bonds is 3. The molecule has 5 nitrogen and oxygen atoms in total. The third-order valence-corrected chi connectivity index (χ3v) is 4.73. The van der Waals surface area contributed by atoms with Gasteiger partial charge in [-0.15, -0.1) is 5.10 Å². The maximum Gasteiger partial charge on any atom is 0.282 e. The number of fused-ring (bicyclic) bond motifs is 2. The van der Waals surface area contributed by atoms with Crippen molar-refractivity contribution < 1.29 is 4.79 Å². The van der Waals surface area contributed by atoms with Gasteiger partial charge in [0, 0.05) is 6.54 Å². The van der Waals surface area contributed by atoms with Crippen molar-refractivity contribution in [3.8, 4) is 0 Å². The van der Waals surface area contributed by atoms with Crippen molar-refractivity contribution in [2.75, 3.05) is 0 Å².